The maximum Gasteiger partial charge on any atom is 0.307 e. The van der Waals surface area contributed by atoms with Crippen LogP contribution in [0.5, 0.6) is 0 Å². The van der Waals surface area contributed by atoms with E-state index in [4.69, 9.17) is 15.2 Å². The van der Waals surface area contributed by atoms with Gasteiger partial charge in [-0.05, 0) is 41.5 Å². The zero-order valence-corrected chi connectivity index (χ0v) is 22.8. The van der Waals surface area contributed by atoms with E-state index in [9.17, 15) is 9.59 Å². The van der Waals surface area contributed by atoms with Gasteiger partial charge in [-0.2, -0.15) is 0 Å². The van der Waals surface area contributed by atoms with Gasteiger partial charge in [0.2, 0.25) is 0 Å². The number of carbonyl (C=O) groups is 2. The molecule has 0 aliphatic rings. The van der Waals surface area contributed by atoms with E-state index in [-0.39, 0.29) is 37.0 Å². The SMILES string of the molecule is CCc1ccc(CNCCC(=O)OCC(CC)(CC)COC(=O)CCNCc2ccc(CN)cc2)cc1. The molecular formula is C30H45N3O4. The fourth-order valence-corrected chi connectivity index (χ4v) is 3.84. The molecule has 204 valence electrons. The fraction of sp³-hybridized carbons (Fsp3) is 0.533. The molecule has 2 aromatic carbocycles. The highest BCUT2D eigenvalue weighted by molar-refractivity contribution is 5.70. The van der Waals surface area contributed by atoms with E-state index in [1.165, 1.54) is 11.1 Å². The van der Waals surface area contributed by atoms with Gasteiger partial charge in [-0.15, -0.1) is 0 Å². The van der Waals surface area contributed by atoms with Crippen LogP contribution >= 0.6 is 0 Å². The van der Waals surface area contributed by atoms with E-state index in [2.05, 4.69) is 41.8 Å². The summed E-state index contributed by atoms with van der Waals surface area (Å²) < 4.78 is 11.1. The summed E-state index contributed by atoms with van der Waals surface area (Å²) in [6.07, 6.45) is 3.13. The highest BCUT2D eigenvalue weighted by Gasteiger charge is 2.30. The van der Waals surface area contributed by atoms with Crippen molar-refractivity contribution >= 4 is 11.9 Å². The number of carbonyl (C=O) groups excluding carboxylic acids is 2. The van der Waals surface area contributed by atoms with Crippen LogP contribution in [0.4, 0.5) is 0 Å². The molecule has 0 aliphatic heterocycles. The average molecular weight is 512 g/mol. The number of hydrogen-bond acceptors (Lipinski definition) is 7. The Morgan fingerprint density at radius 1 is 0.703 bits per heavy atom. The molecule has 37 heavy (non-hydrogen) atoms. The molecule has 0 aliphatic carbocycles. The molecule has 0 heterocycles. The van der Waals surface area contributed by atoms with Crippen molar-refractivity contribution in [3.63, 3.8) is 0 Å². The summed E-state index contributed by atoms with van der Waals surface area (Å²) in [5.41, 5.74) is 10.0. The smallest absolute Gasteiger partial charge is 0.307 e. The van der Waals surface area contributed by atoms with E-state index in [0.717, 1.165) is 36.9 Å². The van der Waals surface area contributed by atoms with Gasteiger partial charge >= 0.3 is 11.9 Å². The summed E-state index contributed by atoms with van der Waals surface area (Å²) in [6.45, 7) is 9.73. The molecule has 0 saturated carbocycles. The number of ether oxygens (including phenoxy) is 2. The van der Waals surface area contributed by atoms with Gasteiger partial charge in [-0.1, -0.05) is 69.3 Å². The minimum absolute atomic E-state index is 0.241. The molecule has 2 rings (SSSR count). The molecule has 0 spiro atoms. The molecule has 0 amide bonds. The lowest BCUT2D eigenvalue weighted by Gasteiger charge is -2.30. The fourth-order valence-electron chi connectivity index (χ4n) is 3.84. The average Bonchev–Trinajstić information content (AvgIpc) is 2.94. The van der Waals surface area contributed by atoms with Crippen molar-refractivity contribution in [2.75, 3.05) is 26.3 Å². The van der Waals surface area contributed by atoms with E-state index in [0.29, 0.717) is 32.6 Å². The summed E-state index contributed by atoms with van der Waals surface area (Å²) in [6, 6.07) is 16.6. The second-order valence-corrected chi connectivity index (χ2v) is 9.57. The van der Waals surface area contributed by atoms with Gasteiger partial charge in [-0.3, -0.25) is 9.59 Å². The lowest BCUT2D eigenvalue weighted by atomic mass is 9.84. The Morgan fingerprint density at radius 2 is 1.11 bits per heavy atom. The van der Waals surface area contributed by atoms with Gasteiger partial charge in [0.05, 0.1) is 12.8 Å². The summed E-state index contributed by atoms with van der Waals surface area (Å²) in [5.74, 6) is -0.491. The Morgan fingerprint density at radius 3 is 1.49 bits per heavy atom. The molecule has 2 aromatic rings. The molecule has 0 fully saturated rings. The zero-order valence-electron chi connectivity index (χ0n) is 22.8. The van der Waals surface area contributed by atoms with Crippen molar-refractivity contribution in [3.05, 3.63) is 70.8 Å². The van der Waals surface area contributed by atoms with Crippen molar-refractivity contribution in [1.82, 2.24) is 10.6 Å². The summed E-state index contributed by atoms with van der Waals surface area (Å²) in [7, 11) is 0. The predicted octanol–water partition coefficient (Wildman–Crippen LogP) is 4.26. The van der Waals surface area contributed by atoms with E-state index < -0.39 is 0 Å². The monoisotopic (exact) mass is 511 g/mol. The van der Waals surface area contributed by atoms with E-state index in [1.54, 1.807) is 0 Å². The maximum atomic E-state index is 12.3. The van der Waals surface area contributed by atoms with Crippen molar-refractivity contribution < 1.29 is 19.1 Å². The third-order valence-electron chi connectivity index (χ3n) is 6.94. The van der Waals surface area contributed by atoms with Crippen LogP contribution in [-0.2, 0) is 45.1 Å². The molecule has 0 bridgehead atoms. The lowest BCUT2D eigenvalue weighted by molar-refractivity contribution is -0.154. The highest BCUT2D eigenvalue weighted by Crippen LogP contribution is 2.27. The first-order valence-electron chi connectivity index (χ1n) is 13.5. The Labute approximate surface area is 222 Å². The Balaban J connectivity index is 1.63. The van der Waals surface area contributed by atoms with Gasteiger partial charge in [0.15, 0.2) is 0 Å². The van der Waals surface area contributed by atoms with Crippen molar-refractivity contribution in [1.29, 1.82) is 0 Å². The molecule has 0 unspecified atom stereocenters. The molecule has 4 N–H and O–H groups in total. The van der Waals surface area contributed by atoms with E-state index in [1.807, 2.05) is 38.1 Å². The molecule has 7 nitrogen and oxygen atoms in total. The standard InChI is InChI=1S/C30H45N3O4/c1-4-24-7-11-26(12-8-24)20-32-17-15-28(34)36-22-30(5-2,6-3)23-37-29(35)16-18-33-21-27-13-9-25(19-31)10-14-27/h7-14,32-33H,4-6,15-23,31H2,1-3H3. The topological polar surface area (TPSA) is 103 Å². The van der Waals surface area contributed by atoms with Crippen molar-refractivity contribution in [2.45, 2.75) is 72.5 Å². The first-order valence-corrected chi connectivity index (χ1v) is 13.5. The van der Waals surface area contributed by atoms with Crippen LogP contribution in [0.2, 0.25) is 0 Å². The number of aryl methyl sites for hydroxylation is 1. The first-order chi connectivity index (χ1) is 17.9. The molecule has 0 radical (unpaired) electrons. The molecule has 0 aromatic heterocycles. The van der Waals surface area contributed by atoms with E-state index >= 15 is 0 Å². The number of benzene rings is 2. The summed E-state index contributed by atoms with van der Waals surface area (Å²) in [5, 5.41) is 6.56. The Bertz CT molecular complexity index is 851. The number of nitrogens with one attached hydrogen (secondary N) is 2. The third-order valence-corrected chi connectivity index (χ3v) is 6.94. The van der Waals surface area contributed by atoms with Gasteiger partial charge in [0.1, 0.15) is 13.2 Å². The number of nitrogens with two attached hydrogens (primary N) is 1. The summed E-state index contributed by atoms with van der Waals surface area (Å²) in [4.78, 5) is 24.6. The van der Waals surface area contributed by atoms with Gasteiger partial charge in [-0.25, -0.2) is 0 Å². The van der Waals surface area contributed by atoms with Crippen LogP contribution < -0.4 is 16.4 Å². The van der Waals surface area contributed by atoms with Gasteiger partial charge in [0.25, 0.3) is 0 Å². The quantitative estimate of drug-likeness (QED) is 0.203. The van der Waals surface area contributed by atoms with Crippen LogP contribution in [0.25, 0.3) is 0 Å². The van der Waals surface area contributed by atoms with Crippen LogP contribution in [0.1, 0.15) is 68.7 Å². The van der Waals surface area contributed by atoms with Gasteiger partial charge in [0, 0.05) is 38.1 Å². The molecular weight excluding hydrogens is 466 g/mol. The second kappa shape index (κ2) is 16.9. The summed E-state index contributed by atoms with van der Waals surface area (Å²) >= 11 is 0. The van der Waals surface area contributed by atoms with Crippen LogP contribution in [0, 0.1) is 5.41 Å². The van der Waals surface area contributed by atoms with Gasteiger partial charge < -0.3 is 25.8 Å². The highest BCUT2D eigenvalue weighted by atomic mass is 16.5. The normalized spacial score (nSPS) is 11.4. The van der Waals surface area contributed by atoms with Crippen LogP contribution in [-0.4, -0.2) is 38.2 Å². The number of rotatable bonds is 18. The van der Waals surface area contributed by atoms with Crippen molar-refractivity contribution in [2.24, 2.45) is 11.1 Å². The largest absolute Gasteiger partial charge is 0.465 e. The maximum absolute atomic E-state index is 12.3. The second-order valence-electron chi connectivity index (χ2n) is 9.57. The Hall–Kier alpha value is -2.74. The molecule has 7 heteroatoms. The lowest BCUT2D eigenvalue weighted by Crippen LogP contribution is -2.34. The number of esters is 2. The molecule has 0 atom stereocenters. The van der Waals surface area contributed by atoms with Crippen LogP contribution in [0.3, 0.4) is 0 Å². The third kappa shape index (κ3) is 11.5. The Kier molecular flexibility index (Phi) is 13.9. The minimum Gasteiger partial charge on any atom is -0.465 e. The minimum atomic E-state index is -0.363. The number of hydrogen-bond donors (Lipinski definition) is 3. The predicted molar refractivity (Wildman–Crippen MR) is 148 cm³/mol. The first kappa shape index (κ1) is 30.5. The van der Waals surface area contributed by atoms with Crippen molar-refractivity contribution in [3.8, 4) is 0 Å². The molecule has 0 saturated heterocycles. The van der Waals surface area contributed by atoms with Crippen LogP contribution in [0.15, 0.2) is 48.5 Å². The zero-order chi connectivity index (χ0) is 26.9.